The van der Waals surface area contributed by atoms with Gasteiger partial charge in [0.25, 0.3) is 11.8 Å². The second-order valence-electron chi connectivity index (χ2n) is 4.03. The Bertz CT molecular complexity index is 531. The van der Waals surface area contributed by atoms with E-state index in [1.807, 2.05) is 0 Å². The molecule has 0 unspecified atom stereocenters. The molecule has 0 aromatic heterocycles. The summed E-state index contributed by atoms with van der Waals surface area (Å²) in [5, 5.41) is -0.159. The highest BCUT2D eigenvalue weighted by Gasteiger charge is 2.23. The molecule has 1 rings (SSSR count). The van der Waals surface area contributed by atoms with Crippen LogP contribution in [0.2, 0.25) is 0 Å². The smallest absolute Gasteiger partial charge is 0.270 e. The maximum atomic E-state index is 13.0. The van der Waals surface area contributed by atoms with Gasteiger partial charge in [-0.15, -0.1) is 0 Å². The number of nitrogens with two attached hydrogens (primary N) is 1. The molecule has 19 heavy (non-hydrogen) atoms. The number of carbonyl (C=O) groups excluding carboxylic acids is 1. The third-order valence-electron chi connectivity index (χ3n) is 2.36. The van der Waals surface area contributed by atoms with Crippen LogP contribution in [0.25, 0.3) is 0 Å². The molecule has 102 valence electrons. The van der Waals surface area contributed by atoms with E-state index in [0.717, 1.165) is 6.92 Å². The molecule has 1 amide bonds. The van der Waals surface area contributed by atoms with Gasteiger partial charge in [0.1, 0.15) is 5.03 Å². The van der Waals surface area contributed by atoms with E-state index in [2.05, 4.69) is 4.99 Å². The molecule has 0 aliphatic carbocycles. The van der Waals surface area contributed by atoms with Gasteiger partial charge in [0.05, 0.1) is 5.70 Å². The largest absolute Gasteiger partial charge is 0.365 e. The number of alkyl halides is 2. The predicted octanol–water partition coefficient (Wildman–Crippen LogP) is 3.17. The zero-order valence-corrected chi connectivity index (χ0v) is 11.2. The Morgan fingerprint density at radius 2 is 1.89 bits per heavy atom. The van der Waals surface area contributed by atoms with E-state index >= 15 is 0 Å². The van der Waals surface area contributed by atoms with Crippen molar-refractivity contribution in [3.05, 3.63) is 46.1 Å². The summed E-state index contributed by atoms with van der Waals surface area (Å²) in [5.41, 5.74) is 5.79. The summed E-state index contributed by atoms with van der Waals surface area (Å²) >= 11 is 5.61. The number of hydrogen-bond acceptors (Lipinski definition) is 2. The number of aliphatic imine (C=N–C) groups is 1. The van der Waals surface area contributed by atoms with Gasteiger partial charge in [-0.2, -0.15) is 0 Å². The molecule has 3 nitrogen and oxygen atoms in total. The first-order valence-corrected chi connectivity index (χ1v) is 5.78. The highest BCUT2D eigenvalue weighted by atomic mass is 35.5. The van der Waals surface area contributed by atoms with Gasteiger partial charge in [-0.05, 0) is 12.5 Å². The fourth-order valence-corrected chi connectivity index (χ4v) is 1.32. The molecule has 0 atom stereocenters. The van der Waals surface area contributed by atoms with Crippen molar-refractivity contribution >= 4 is 23.7 Å². The Labute approximate surface area is 114 Å². The molecular formula is C13H13ClF2N2O. The molecule has 6 heteroatoms. The zero-order chi connectivity index (χ0) is 14.6. The maximum absolute atomic E-state index is 13.0. The third kappa shape index (κ3) is 4.44. The number of nitrogens with zero attached hydrogens (tertiary/aromatic N) is 1. The van der Waals surface area contributed by atoms with Crippen molar-refractivity contribution in [3.8, 4) is 0 Å². The van der Waals surface area contributed by atoms with E-state index < -0.39 is 11.8 Å². The number of carbonyl (C=O) groups is 1. The molecule has 1 aromatic rings. The third-order valence-corrected chi connectivity index (χ3v) is 2.82. The van der Waals surface area contributed by atoms with Gasteiger partial charge >= 0.3 is 0 Å². The quantitative estimate of drug-likeness (QED) is 0.671. The van der Waals surface area contributed by atoms with Crippen molar-refractivity contribution < 1.29 is 13.6 Å². The molecule has 1 aromatic carbocycles. The molecule has 0 aliphatic heterocycles. The Morgan fingerprint density at radius 1 is 1.37 bits per heavy atom. The normalized spacial score (nSPS) is 13.5. The lowest BCUT2D eigenvalue weighted by molar-refractivity contribution is -0.114. The fourth-order valence-electron chi connectivity index (χ4n) is 1.27. The highest BCUT2D eigenvalue weighted by molar-refractivity contribution is 6.42. The van der Waals surface area contributed by atoms with Crippen molar-refractivity contribution in [3.63, 3.8) is 0 Å². The van der Waals surface area contributed by atoms with Crippen molar-refractivity contribution in [2.24, 2.45) is 10.7 Å². The van der Waals surface area contributed by atoms with Crippen molar-refractivity contribution in [2.75, 3.05) is 0 Å². The van der Waals surface area contributed by atoms with Crippen molar-refractivity contribution in [2.45, 2.75) is 19.8 Å². The van der Waals surface area contributed by atoms with Gasteiger partial charge in [0, 0.05) is 18.7 Å². The summed E-state index contributed by atoms with van der Waals surface area (Å²) in [6.07, 6.45) is 1.41. The Hall–Kier alpha value is -1.75. The average Bonchev–Trinajstić information content (AvgIpc) is 2.34. The number of amides is 1. The summed E-state index contributed by atoms with van der Waals surface area (Å²) < 4.78 is 26.0. The second kappa shape index (κ2) is 5.93. The van der Waals surface area contributed by atoms with Gasteiger partial charge in [-0.25, -0.2) is 8.78 Å². The number of benzene rings is 1. The van der Waals surface area contributed by atoms with Crippen LogP contribution in [0.4, 0.5) is 8.78 Å². The number of primary amides is 1. The molecular weight excluding hydrogens is 274 g/mol. The van der Waals surface area contributed by atoms with Gasteiger partial charge in [-0.3, -0.25) is 9.79 Å². The minimum absolute atomic E-state index is 0.0768. The Kier molecular flexibility index (Phi) is 4.78. The summed E-state index contributed by atoms with van der Waals surface area (Å²) in [4.78, 5) is 14.7. The van der Waals surface area contributed by atoms with Crippen LogP contribution >= 0.6 is 11.6 Å². The standard InChI is InChI=1S/C13H13ClF2N2O/c1-8(11(14)12(17)19)18-7-9-3-5-10(6-4-9)13(2,15)16/h3-7H,1-2H3,(H2,17,19)/b11-8+,18-7+. The summed E-state index contributed by atoms with van der Waals surface area (Å²) in [6.45, 7) is 2.35. The molecule has 0 aliphatic rings. The van der Waals surface area contributed by atoms with E-state index in [0.29, 0.717) is 5.56 Å². The molecule has 0 fully saturated rings. The number of allylic oxidation sites excluding steroid dienone is 1. The predicted molar refractivity (Wildman–Crippen MR) is 71.4 cm³/mol. The molecule has 0 saturated carbocycles. The van der Waals surface area contributed by atoms with Crippen LogP contribution in [-0.2, 0) is 10.7 Å². The van der Waals surface area contributed by atoms with Gasteiger partial charge in [0.2, 0.25) is 0 Å². The zero-order valence-electron chi connectivity index (χ0n) is 10.5. The molecule has 0 heterocycles. The lowest BCUT2D eigenvalue weighted by atomic mass is 10.1. The molecule has 2 N–H and O–H groups in total. The molecule has 0 radical (unpaired) electrons. The van der Waals surface area contributed by atoms with Crippen molar-refractivity contribution in [1.29, 1.82) is 0 Å². The topological polar surface area (TPSA) is 55.4 Å². The lowest BCUT2D eigenvalue weighted by Gasteiger charge is -2.09. The van der Waals surface area contributed by atoms with Crippen LogP contribution < -0.4 is 5.73 Å². The minimum atomic E-state index is -2.87. The van der Waals surface area contributed by atoms with E-state index in [1.54, 1.807) is 0 Å². The first kappa shape index (κ1) is 15.3. The van der Waals surface area contributed by atoms with Crippen LogP contribution in [0.1, 0.15) is 25.0 Å². The maximum Gasteiger partial charge on any atom is 0.270 e. The summed E-state index contributed by atoms with van der Waals surface area (Å²) in [7, 11) is 0. The Morgan fingerprint density at radius 3 is 2.32 bits per heavy atom. The molecule has 0 spiro atoms. The SMILES string of the molecule is CC(/N=C/c1ccc(C(C)(F)F)cc1)=C(\Cl)C(N)=O. The fraction of sp³-hybridized carbons (Fsp3) is 0.231. The minimum Gasteiger partial charge on any atom is -0.365 e. The number of hydrogen-bond donors (Lipinski definition) is 1. The van der Waals surface area contributed by atoms with E-state index in [9.17, 15) is 13.6 Å². The summed E-state index contributed by atoms with van der Waals surface area (Å²) in [6, 6.07) is 5.63. The second-order valence-corrected chi connectivity index (χ2v) is 4.41. The van der Waals surface area contributed by atoms with E-state index in [4.69, 9.17) is 17.3 Å². The Balaban J connectivity index is 2.90. The molecule has 0 bridgehead atoms. The van der Waals surface area contributed by atoms with Crippen molar-refractivity contribution in [1.82, 2.24) is 0 Å². The van der Waals surface area contributed by atoms with Crippen LogP contribution in [0.5, 0.6) is 0 Å². The van der Waals surface area contributed by atoms with Crippen LogP contribution in [0, 0.1) is 0 Å². The van der Waals surface area contributed by atoms with Gasteiger partial charge in [0.15, 0.2) is 0 Å². The van der Waals surface area contributed by atoms with Gasteiger partial charge < -0.3 is 5.73 Å². The van der Waals surface area contributed by atoms with Crippen LogP contribution in [0.3, 0.4) is 0 Å². The first-order valence-electron chi connectivity index (χ1n) is 5.40. The van der Waals surface area contributed by atoms with E-state index in [-0.39, 0.29) is 16.3 Å². The first-order chi connectivity index (χ1) is 8.71. The molecule has 0 saturated heterocycles. The van der Waals surface area contributed by atoms with Gasteiger partial charge in [-0.1, -0.05) is 35.9 Å². The average molecular weight is 287 g/mol. The van der Waals surface area contributed by atoms with Crippen LogP contribution in [0.15, 0.2) is 40.0 Å². The van der Waals surface area contributed by atoms with Crippen LogP contribution in [-0.4, -0.2) is 12.1 Å². The highest BCUT2D eigenvalue weighted by Crippen LogP contribution is 2.26. The monoisotopic (exact) mass is 286 g/mol. The number of rotatable bonds is 4. The lowest BCUT2D eigenvalue weighted by Crippen LogP contribution is -2.11. The number of halogens is 3. The van der Waals surface area contributed by atoms with E-state index in [1.165, 1.54) is 37.4 Å². The summed E-state index contributed by atoms with van der Waals surface area (Å²) in [5.74, 6) is -3.64.